The van der Waals surface area contributed by atoms with E-state index in [9.17, 15) is 4.79 Å². The summed E-state index contributed by atoms with van der Waals surface area (Å²) in [6, 6.07) is 6.22. The number of amides is 1. The van der Waals surface area contributed by atoms with Gasteiger partial charge in [-0.1, -0.05) is 17.7 Å². The van der Waals surface area contributed by atoms with Crippen molar-refractivity contribution in [1.29, 1.82) is 0 Å². The molecule has 1 aromatic rings. The number of anilines is 1. The summed E-state index contributed by atoms with van der Waals surface area (Å²) in [4.78, 5) is 16.2. The number of carbonyl (C=O) groups excluding carboxylic acids is 1. The molecule has 1 aliphatic heterocycles. The minimum Gasteiger partial charge on any atom is -0.329 e. The highest BCUT2D eigenvalue weighted by atomic mass is 16.2. The van der Waals surface area contributed by atoms with Crippen LogP contribution in [0.25, 0.3) is 0 Å². The molecule has 0 saturated carbocycles. The second kappa shape index (κ2) is 5.50. The summed E-state index contributed by atoms with van der Waals surface area (Å²) in [7, 11) is 0. The minimum absolute atomic E-state index is 0.168. The molecule has 1 heterocycles. The molecule has 4 heteroatoms. The van der Waals surface area contributed by atoms with Crippen LogP contribution in [0.5, 0.6) is 0 Å². The van der Waals surface area contributed by atoms with Crippen molar-refractivity contribution in [1.82, 2.24) is 4.90 Å². The molecule has 1 amide bonds. The highest BCUT2D eigenvalue weighted by Crippen LogP contribution is 2.22. The van der Waals surface area contributed by atoms with Crippen LogP contribution in [0.4, 0.5) is 5.69 Å². The van der Waals surface area contributed by atoms with Gasteiger partial charge in [0.15, 0.2) is 0 Å². The lowest BCUT2D eigenvalue weighted by molar-refractivity contribution is -0.121. The molecule has 1 aliphatic rings. The molecule has 2 N–H and O–H groups in total. The number of nitrogens with two attached hydrogens (primary N) is 1. The third kappa shape index (κ3) is 2.71. The van der Waals surface area contributed by atoms with Crippen molar-refractivity contribution in [2.75, 3.05) is 37.6 Å². The SMILES string of the molecule is Cc1ccc(N2CCN(CCN)CC2=O)c(C)c1. The zero-order valence-electron chi connectivity index (χ0n) is 11.1. The monoisotopic (exact) mass is 247 g/mol. The van der Waals surface area contributed by atoms with E-state index in [1.54, 1.807) is 0 Å². The first-order valence-electron chi connectivity index (χ1n) is 6.42. The molecule has 0 bridgehead atoms. The van der Waals surface area contributed by atoms with E-state index < -0.39 is 0 Å². The van der Waals surface area contributed by atoms with E-state index in [1.807, 2.05) is 11.0 Å². The van der Waals surface area contributed by atoms with Crippen LogP contribution in [-0.2, 0) is 4.79 Å². The zero-order chi connectivity index (χ0) is 13.1. The molecular formula is C14H21N3O. The number of nitrogens with zero attached hydrogens (tertiary/aromatic N) is 2. The molecule has 2 rings (SSSR count). The molecular weight excluding hydrogens is 226 g/mol. The van der Waals surface area contributed by atoms with Crippen LogP contribution < -0.4 is 10.6 Å². The van der Waals surface area contributed by atoms with Crippen LogP contribution in [0.2, 0.25) is 0 Å². The van der Waals surface area contributed by atoms with Gasteiger partial charge in [-0.05, 0) is 25.5 Å². The Labute approximate surface area is 108 Å². The van der Waals surface area contributed by atoms with E-state index in [2.05, 4.69) is 30.9 Å². The van der Waals surface area contributed by atoms with Gasteiger partial charge in [-0.2, -0.15) is 0 Å². The molecule has 98 valence electrons. The van der Waals surface area contributed by atoms with Crippen LogP contribution in [0.15, 0.2) is 18.2 Å². The number of piperazine rings is 1. The first kappa shape index (κ1) is 13.1. The number of hydrogen-bond acceptors (Lipinski definition) is 3. The van der Waals surface area contributed by atoms with E-state index in [4.69, 9.17) is 5.73 Å². The van der Waals surface area contributed by atoms with Gasteiger partial charge in [0.05, 0.1) is 6.54 Å². The lowest BCUT2D eigenvalue weighted by atomic mass is 10.1. The minimum atomic E-state index is 0.168. The first-order chi connectivity index (χ1) is 8.61. The lowest BCUT2D eigenvalue weighted by Crippen LogP contribution is -2.51. The summed E-state index contributed by atoms with van der Waals surface area (Å²) in [5.74, 6) is 0.168. The number of hydrogen-bond donors (Lipinski definition) is 1. The van der Waals surface area contributed by atoms with Crippen LogP contribution >= 0.6 is 0 Å². The molecule has 4 nitrogen and oxygen atoms in total. The summed E-state index contributed by atoms with van der Waals surface area (Å²) in [5.41, 5.74) is 8.95. The van der Waals surface area contributed by atoms with Crippen molar-refractivity contribution >= 4 is 11.6 Å². The maximum atomic E-state index is 12.2. The first-order valence-corrected chi connectivity index (χ1v) is 6.42. The summed E-state index contributed by atoms with van der Waals surface area (Å²) in [6.45, 7) is 7.66. The maximum absolute atomic E-state index is 12.2. The van der Waals surface area contributed by atoms with Gasteiger partial charge in [-0.3, -0.25) is 9.69 Å². The fourth-order valence-electron chi connectivity index (χ4n) is 2.46. The van der Waals surface area contributed by atoms with Gasteiger partial charge in [0.1, 0.15) is 0 Å². The standard InChI is InChI=1S/C14H21N3O/c1-11-3-4-13(12(2)9-11)17-8-7-16(6-5-15)10-14(17)18/h3-4,9H,5-8,10,15H2,1-2H3. The third-order valence-electron chi connectivity index (χ3n) is 3.39. The van der Waals surface area contributed by atoms with Crippen molar-refractivity contribution in [2.45, 2.75) is 13.8 Å². The van der Waals surface area contributed by atoms with Gasteiger partial charge in [0, 0.05) is 31.9 Å². The molecule has 1 saturated heterocycles. The van der Waals surface area contributed by atoms with Crippen LogP contribution in [0.3, 0.4) is 0 Å². The number of benzene rings is 1. The molecule has 0 aliphatic carbocycles. The number of rotatable bonds is 3. The zero-order valence-corrected chi connectivity index (χ0v) is 11.1. The fraction of sp³-hybridized carbons (Fsp3) is 0.500. The smallest absolute Gasteiger partial charge is 0.241 e. The molecule has 0 atom stereocenters. The second-order valence-electron chi connectivity index (χ2n) is 4.90. The predicted molar refractivity (Wildman–Crippen MR) is 73.8 cm³/mol. The Kier molecular flexibility index (Phi) is 3.99. The Hall–Kier alpha value is -1.39. The Bertz CT molecular complexity index is 445. The van der Waals surface area contributed by atoms with Crippen molar-refractivity contribution in [3.8, 4) is 0 Å². The average Bonchev–Trinajstić information content (AvgIpc) is 2.31. The number of carbonyl (C=O) groups is 1. The van der Waals surface area contributed by atoms with Crippen molar-refractivity contribution in [3.63, 3.8) is 0 Å². The summed E-state index contributed by atoms with van der Waals surface area (Å²) in [5, 5.41) is 0. The van der Waals surface area contributed by atoms with Gasteiger partial charge >= 0.3 is 0 Å². The Morgan fingerprint density at radius 3 is 2.67 bits per heavy atom. The fourth-order valence-corrected chi connectivity index (χ4v) is 2.46. The van der Waals surface area contributed by atoms with Crippen LogP contribution in [0.1, 0.15) is 11.1 Å². The van der Waals surface area contributed by atoms with Gasteiger partial charge in [-0.25, -0.2) is 0 Å². The normalized spacial score (nSPS) is 17.3. The molecule has 1 aromatic carbocycles. The van der Waals surface area contributed by atoms with Gasteiger partial charge in [0.2, 0.25) is 5.91 Å². The van der Waals surface area contributed by atoms with Crippen molar-refractivity contribution < 1.29 is 4.79 Å². The van der Waals surface area contributed by atoms with Crippen LogP contribution in [0, 0.1) is 13.8 Å². The quantitative estimate of drug-likeness (QED) is 0.864. The Morgan fingerprint density at radius 1 is 1.28 bits per heavy atom. The van der Waals surface area contributed by atoms with Crippen molar-refractivity contribution in [3.05, 3.63) is 29.3 Å². The highest BCUT2D eigenvalue weighted by molar-refractivity contribution is 5.96. The van der Waals surface area contributed by atoms with E-state index in [0.29, 0.717) is 13.1 Å². The largest absolute Gasteiger partial charge is 0.329 e. The van der Waals surface area contributed by atoms with Gasteiger partial charge in [0.25, 0.3) is 0 Å². The summed E-state index contributed by atoms with van der Waals surface area (Å²) >= 11 is 0. The highest BCUT2D eigenvalue weighted by Gasteiger charge is 2.25. The molecule has 0 unspecified atom stereocenters. The maximum Gasteiger partial charge on any atom is 0.241 e. The lowest BCUT2D eigenvalue weighted by Gasteiger charge is -2.34. The average molecular weight is 247 g/mol. The Morgan fingerprint density at radius 2 is 2.06 bits per heavy atom. The summed E-state index contributed by atoms with van der Waals surface area (Å²) in [6.07, 6.45) is 0. The van der Waals surface area contributed by atoms with E-state index in [1.165, 1.54) is 5.56 Å². The predicted octanol–water partition coefficient (Wildman–Crippen LogP) is 0.911. The van der Waals surface area contributed by atoms with E-state index in [-0.39, 0.29) is 5.91 Å². The topological polar surface area (TPSA) is 49.6 Å². The molecule has 0 radical (unpaired) electrons. The van der Waals surface area contributed by atoms with E-state index in [0.717, 1.165) is 30.9 Å². The van der Waals surface area contributed by atoms with Crippen molar-refractivity contribution in [2.24, 2.45) is 5.73 Å². The van der Waals surface area contributed by atoms with Crippen LogP contribution in [-0.4, -0.2) is 43.5 Å². The molecule has 1 fully saturated rings. The molecule has 0 aromatic heterocycles. The summed E-state index contributed by atoms with van der Waals surface area (Å²) < 4.78 is 0. The van der Waals surface area contributed by atoms with Gasteiger partial charge in [-0.15, -0.1) is 0 Å². The Balaban J connectivity index is 2.13. The third-order valence-corrected chi connectivity index (χ3v) is 3.39. The molecule has 0 spiro atoms. The van der Waals surface area contributed by atoms with Gasteiger partial charge < -0.3 is 10.6 Å². The second-order valence-corrected chi connectivity index (χ2v) is 4.90. The van der Waals surface area contributed by atoms with E-state index >= 15 is 0 Å². The number of aryl methyl sites for hydroxylation is 2. The molecule has 18 heavy (non-hydrogen) atoms.